The quantitative estimate of drug-likeness (QED) is 0.550. The highest BCUT2D eigenvalue weighted by molar-refractivity contribution is 6.30. The summed E-state index contributed by atoms with van der Waals surface area (Å²) in [5.74, 6) is -2.04. The van der Waals surface area contributed by atoms with Crippen molar-refractivity contribution < 1.29 is 36.6 Å². The zero-order valence-electron chi connectivity index (χ0n) is 15.9. The Bertz CT molecular complexity index is 949. The van der Waals surface area contributed by atoms with Crippen molar-refractivity contribution in [2.24, 2.45) is 0 Å². The second-order valence-corrected chi connectivity index (χ2v) is 6.50. The average Bonchev–Trinajstić information content (AvgIpc) is 2.68. The van der Waals surface area contributed by atoms with Crippen LogP contribution in [0.25, 0.3) is 0 Å². The van der Waals surface area contributed by atoms with Gasteiger partial charge in [-0.05, 0) is 36.4 Å². The molecule has 2 aromatic rings. The molecule has 2 N–H and O–H groups in total. The first-order chi connectivity index (χ1) is 14.5. The van der Waals surface area contributed by atoms with Gasteiger partial charge >= 0.3 is 6.36 Å². The molecule has 31 heavy (non-hydrogen) atoms. The number of benzene rings is 2. The van der Waals surface area contributed by atoms with Crippen molar-refractivity contribution in [2.75, 3.05) is 13.2 Å². The molecule has 166 valence electrons. The number of amides is 2. The fraction of sp³-hybridized carbons (Fsp3) is 0.200. The first kappa shape index (κ1) is 24.0. The van der Waals surface area contributed by atoms with Crippen LogP contribution < -0.4 is 20.1 Å². The van der Waals surface area contributed by atoms with E-state index in [9.17, 15) is 27.2 Å². The van der Waals surface area contributed by atoms with E-state index in [2.05, 4.69) is 21.9 Å². The highest BCUT2D eigenvalue weighted by Crippen LogP contribution is 2.23. The van der Waals surface area contributed by atoms with Gasteiger partial charge in [-0.1, -0.05) is 18.2 Å². The SMILES string of the molecule is C=C(CCNC(=O)COc1ccc(Cl)c(F)c1)NC(=O)c1ccc(OC(F)(F)F)cc1. The number of halogens is 5. The summed E-state index contributed by atoms with van der Waals surface area (Å²) in [6.45, 7) is 3.43. The minimum atomic E-state index is -4.82. The first-order valence-electron chi connectivity index (χ1n) is 8.73. The van der Waals surface area contributed by atoms with Gasteiger partial charge in [-0.15, -0.1) is 13.2 Å². The molecule has 2 rings (SSSR count). The number of carbonyl (C=O) groups is 2. The largest absolute Gasteiger partial charge is 0.573 e. The predicted octanol–water partition coefficient (Wildman–Crippen LogP) is 4.21. The Balaban J connectivity index is 1.70. The van der Waals surface area contributed by atoms with Gasteiger partial charge in [0.05, 0.1) is 5.02 Å². The first-order valence-corrected chi connectivity index (χ1v) is 9.11. The number of hydrogen-bond donors (Lipinski definition) is 2. The number of rotatable bonds is 9. The maximum Gasteiger partial charge on any atom is 0.573 e. The van der Waals surface area contributed by atoms with Crippen LogP contribution in [0.4, 0.5) is 17.6 Å². The van der Waals surface area contributed by atoms with Crippen LogP contribution in [0.2, 0.25) is 5.02 Å². The molecule has 11 heteroatoms. The number of carbonyl (C=O) groups excluding carboxylic acids is 2. The monoisotopic (exact) mass is 460 g/mol. The van der Waals surface area contributed by atoms with Gasteiger partial charge in [-0.25, -0.2) is 4.39 Å². The average molecular weight is 461 g/mol. The van der Waals surface area contributed by atoms with Crippen molar-refractivity contribution >= 4 is 23.4 Å². The molecule has 0 saturated heterocycles. The van der Waals surface area contributed by atoms with Crippen LogP contribution in [-0.2, 0) is 4.79 Å². The molecule has 0 radical (unpaired) electrons. The number of ether oxygens (including phenoxy) is 2. The fourth-order valence-corrected chi connectivity index (χ4v) is 2.34. The third-order valence-corrected chi connectivity index (χ3v) is 3.96. The number of nitrogens with one attached hydrogen (secondary N) is 2. The van der Waals surface area contributed by atoms with E-state index in [-0.39, 0.29) is 41.6 Å². The summed E-state index contributed by atoms with van der Waals surface area (Å²) in [5, 5.41) is 4.94. The van der Waals surface area contributed by atoms with Crippen LogP contribution in [0.3, 0.4) is 0 Å². The van der Waals surface area contributed by atoms with Crippen molar-refractivity contribution in [1.29, 1.82) is 0 Å². The van der Waals surface area contributed by atoms with Crippen LogP contribution in [-0.4, -0.2) is 31.3 Å². The Hall–Kier alpha value is -3.27. The van der Waals surface area contributed by atoms with Gasteiger partial charge < -0.3 is 20.1 Å². The van der Waals surface area contributed by atoms with Crippen LogP contribution in [0.5, 0.6) is 11.5 Å². The molecule has 0 bridgehead atoms. The molecule has 0 aromatic heterocycles. The van der Waals surface area contributed by atoms with Crippen molar-refractivity contribution in [3.05, 3.63) is 71.1 Å². The molecule has 0 saturated carbocycles. The summed E-state index contributed by atoms with van der Waals surface area (Å²) < 4.78 is 58.6. The summed E-state index contributed by atoms with van der Waals surface area (Å²) >= 11 is 5.55. The van der Waals surface area contributed by atoms with Crippen LogP contribution in [0, 0.1) is 5.82 Å². The Morgan fingerprint density at radius 3 is 2.32 bits per heavy atom. The molecule has 0 atom stereocenters. The third kappa shape index (κ3) is 8.55. The lowest BCUT2D eigenvalue weighted by Crippen LogP contribution is -2.31. The normalized spacial score (nSPS) is 10.9. The zero-order valence-corrected chi connectivity index (χ0v) is 16.6. The summed E-state index contributed by atoms with van der Waals surface area (Å²) in [6, 6.07) is 8.13. The molecule has 0 heterocycles. The van der Waals surface area contributed by atoms with Gasteiger partial charge in [0.15, 0.2) is 6.61 Å². The van der Waals surface area contributed by atoms with Crippen molar-refractivity contribution in [2.45, 2.75) is 12.8 Å². The van der Waals surface area contributed by atoms with Crippen molar-refractivity contribution in [3.8, 4) is 11.5 Å². The molecular formula is C20H17ClF4N2O4. The minimum absolute atomic E-state index is 0.0667. The van der Waals surface area contributed by atoms with E-state index >= 15 is 0 Å². The van der Waals surface area contributed by atoms with Gasteiger partial charge in [-0.2, -0.15) is 0 Å². The Morgan fingerprint density at radius 1 is 1.06 bits per heavy atom. The molecule has 2 amide bonds. The Labute approximate surface area is 179 Å². The smallest absolute Gasteiger partial charge is 0.484 e. The highest BCUT2D eigenvalue weighted by atomic mass is 35.5. The topological polar surface area (TPSA) is 76.7 Å². The predicted molar refractivity (Wildman–Crippen MR) is 104 cm³/mol. The summed E-state index contributed by atoms with van der Waals surface area (Å²) in [6.07, 6.45) is -4.62. The lowest BCUT2D eigenvalue weighted by molar-refractivity contribution is -0.274. The van der Waals surface area contributed by atoms with Crippen LogP contribution in [0.15, 0.2) is 54.7 Å². The van der Waals surface area contributed by atoms with E-state index in [0.717, 1.165) is 18.2 Å². The standard InChI is InChI=1S/C20H17ClF4N2O4/c1-12(27-19(29)13-2-4-14(5-3-13)31-20(23,24)25)8-9-26-18(28)11-30-15-6-7-16(21)17(22)10-15/h2-7,10H,1,8-9,11H2,(H,26,28)(H,27,29). The summed E-state index contributed by atoms with van der Waals surface area (Å²) in [4.78, 5) is 23.8. The van der Waals surface area contributed by atoms with E-state index < -0.39 is 29.7 Å². The van der Waals surface area contributed by atoms with Gasteiger partial charge in [0, 0.05) is 30.3 Å². The molecule has 0 aliphatic heterocycles. The fourth-order valence-electron chi connectivity index (χ4n) is 2.22. The molecule has 2 aromatic carbocycles. The molecule has 6 nitrogen and oxygen atoms in total. The molecule has 0 unspecified atom stereocenters. The van der Waals surface area contributed by atoms with E-state index in [1.54, 1.807) is 0 Å². The number of hydrogen-bond acceptors (Lipinski definition) is 4. The lowest BCUT2D eigenvalue weighted by Gasteiger charge is -2.11. The number of alkyl halides is 3. The molecule has 0 aliphatic carbocycles. The molecule has 0 aliphatic rings. The summed E-state index contributed by atoms with van der Waals surface area (Å²) in [7, 11) is 0. The van der Waals surface area contributed by atoms with Crippen LogP contribution >= 0.6 is 11.6 Å². The third-order valence-electron chi connectivity index (χ3n) is 3.65. The maximum absolute atomic E-state index is 13.3. The second kappa shape index (κ2) is 10.7. The Morgan fingerprint density at radius 2 is 1.71 bits per heavy atom. The van der Waals surface area contributed by atoms with Crippen molar-refractivity contribution in [1.82, 2.24) is 10.6 Å². The molecule has 0 fully saturated rings. The van der Waals surface area contributed by atoms with Gasteiger partial charge in [-0.3, -0.25) is 9.59 Å². The van der Waals surface area contributed by atoms with Gasteiger partial charge in [0.25, 0.3) is 11.8 Å². The van der Waals surface area contributed by atoms with E-state index in [4.69, 9.17) is 16.3 Å². The van der Waals surface area contributed by atoms with Gasteiger partial charge in [0.2, 0.25) is 0 Å². The van der Waals surface area contributed by atoms with E-state index in [0.29, 0.717) is 0 Å². The Kier molecular flexibility index (Phi) is 8.26. The summed E-state index contributed by atoms with van der Waals surface area (Å²) in [5.41, 5.74) is 0.380. The maximum atomic E-state index is 13.3. The molecule has 0 spiro atoms. The highest BCUT2D eigenvalue weighted by Gasteiger charge is 2.31. The second-order valence-electron chi connectivity index (χ2n) is 6.09. The zero-order chi connectivity index (χ0) is 23.0. The minimum Gasteiger partial charge on any atom is -0.484 e. The van der Waals surface area contributed by atoms with Crippen LogP contribution in [0.1, 0.15) is 16.8 Å². The van der Waals surface area contributed by atoms with E-state index in [1.807, 2.05) is 0 Å². The molecular weight excluding hydrogens is 444 g/mol. The van der Waals surface area contributed by atoms with Crippen molar-refractivity contribution in [3.63, 3.8) is 0 Å². The van der Waals surface area contributed by atoms with E-state index in [1.165, 1.54) is 24.3 Å². The van der Waals surface area contributed by atoms with Gasteiger partial charge in [0.1, 0.15) is 17.3 Å². The lowest BCUT2D eigenvalue weighted by atomic mass is 10.2.